The van der Waals surface area contributed by atoms with Gasteiger partial charge in [0.1, 0.15) is 0 Å². The summed E-state index contributed by atoms with van der Waals surface area (Å²) in [6.07, 6.45) is 4.98. The van der Waals surface area contributed by atoms with E-state index in [1.807, 2.05) is 50.4 Å². The molecule has 2 aromatic rings. The minimum Gasteiger partial charge on any atom is -0.396 e. The van der Waals surface area contributed by atoms with Crippen molar-refractivity contribution in [3.63, 3.8) is 0 Å². The molecule has 0 aliphatic rings. The number of carbonyl (C=O) groups excluding carboxylic acids is 1. The van der Waals surface area contributed by atoms with Gasteiger partial charge >= 0.3 is 6.03 Å². The monoisotopic (exact) mass is 316 g/mol. The number of rotatable bonds is 7. The third kappa shape index (κ3) is 4.82. The predicted molar refractivity (Wildman–Crippen MR) is 89.4 cm³/mol. The Morgan fingerprint density at radius 1 is 1.30 bits per heavy atom. The predicted octanol–water partition coefficient (Wildman–Crippen LogP) is 2.39. The molecule has 0 spiro atoms. The van der Waals surface area contributed by atoms with Crippen molar-refractivity contribution in [2.24, 2.45) is 0 Å². The lowest BCUT2D eigenvalue weighted by atomic mass is 10.1. The van der Waals surface area contributed by atoms with Crippen LogP contribution in [-0.2, 0) is 0 Å². The van der Waals surface area contributed by atoms with Crippen molar-refractivity contribution in [1.29, 1.82) is 0 Å². The molecule has 3 N–H and O–H groups in total. The van der Waals surface area contributed by atoms with Crippen LogP contribution in [0.1, 0.15) is 38.3 Å². The number of amides is 2. The summed E-state index contributed by atoms with van der Waals surface area (Å²) in [5, 5.41) is 18.9. The van der Waals surface area contributed by atoms with Gasteiger partial charge in [0.25, 0.3) is 0 Å². The van der Waals surface area contributed by atoms with Gasteiger partial charge in [0.05, 0.1) is 11.7 Å². The Morgan fingerprint density at radius 2 is 2.04 bits per heavy atom. The molecule has 2 rings (SSSR count). The second kappa shape index (κ2) is 8.33. The quantitative estimate of drug-likeness (QED) is 0.734. The summed E-state index contributed by atoms with van der Waals surface area (Å²) in [6, 6.07) is 9.45. The molecular formula is C17H24N4O2. The molecule has 0 fully saturated rings. The van der Waals surface area contributed by atoms with Gasteiger partial charge in [-0.1, -0.05) is 19.1 Å². The lowest BCUT2D eigenvalue weighted by Crippen LogP contribution is -2.43. The average Bonchev–Trinajstić information content (AvgIpc) is 3.09. The molecule has 0 radical (unpaired) electrons. The van der Waals surface area contributed by atoms with E-state index in [2.05, 4.69) is 15.7 Å². The summed E-state index contributed by atoms with van der Waals surface area (Å²) in [6.45, 7) is 4.00. The van der Waals surface area contributed by atoms with E-state index in [1.165, 1.54) is 0 Å². The SMILES string of the molecule is CCC(CCO)NC(=O)NC(C)c1ccc(-n2cccn2)cc1. The number of aliphatic hydroxyl groups excluding tert-OH is 1. The van der Waals surface area contributed by atoms with Crippen LogP contribution in [0, 0.1) is 0 Å². The summed E-state index contributed by atoms with van der Waals surface area (Å²) >= 11 is 0. The standard InChI is InChI=1S/C17H24N4O2/c1-3-15(9-12-22)20-17(23)19-13(2)14-5-7-16(8-6-14)21-11-4-10-18-21/h4-8,10-11,13,15,22H,3,9,12H2,1-2H3,(H2,19,20,23). The molecule has 2 atom stereocenters. The van der Waals surface area contributed by atoms with Crippen molar-refractivity contribution < 1.29 is 9.90 Å². The second-order valence-corrected chi connectivity index (χ2v) is 5.50. The van der Waals surface area contributed by atoms with Crippen LogP contribution in [0.3, 0.4) is 0 Å². The molecule has 1 aromatic heterocycles. The molecule has 0 saturated heterocycles. The minimum absolute atomic E-state index is 0.00519. The smallest absolute Gasteiger partial charge is 0.315 e. The maximum Gasteiger partial charge on any atom is 0.315 e. The average molecular weight is 316 g/mol. The molecule has 6 heteroatoms. The first-order valence-electron chi connectivity index (χ1n) is 7.92. The first-order valence-corrected chi connectivity index (χ1v) is 7.92. The zero-order valence-corrected chi connectivity index (χ0v) is 13.6. The topological polar surface area (TPSA) is 79.2 Å². The summed E-state index contributed by atoms with van der Waals surface area (Å²) < 4.78 is 1.79. The van der Waals surface area contributed by atoms with Crippen molar-refractivity contribution in [2.45, 2.75) is 38.8 Å². The number of aromatic nitrogens is 2. The molecule has 1 heterocycles. The van der Waals surface area contributed by atoms with Crippen LogP contribution in [0.15, 0.2) is 42.7 Å². The van der Waals surface area contributed by atoms with Crippen LogP contribution in [0.25, 0.3) is 5.69 Å². The maximum atomic E-state index is 12.0. The van der Waals surface area contributed by atoms with Crippen LogP contribution in [0.5, 0.6) is 0 Å². The zero-order chi connectivity index (χ0) is 16.7. The number of nitrogens with zero attached hydrogens (tertiary/aromatic N) is 2. The number of hydrogen-bond acceptors (Lipinski definition) is 3. The van der Waals surface area contributed by atoms with E-state index in [9.17, 15) is 4.79 Å². The molecule has 0 saturated carbocycles. The van der Waals surface area contributed by atoms with Crippen LogP contribution < -0.4 is 10.6 Å². The lowest BCUT2D eigenvalue weighted by molar-refractivity contribution is 0.225. The summed E-state index contributed by atoms with van der Waals surface area (Å²) in [5.41, 5.74) is 2.00. The maximum absolute atomic E-state index is 12.0. The highest BCUT2D eigenvalue weighted by atomic mass is 16.3. The fourth-order valence-corrected chi connectivity index (χ4v) is 2.38. The van der Waals surface area contributed by atoms with Gasteiger partial charge in [-0.05, 0) is 43.5 Å². The normalized spacial score (nSPS) is 13.3. The van der Waals surface area contributed by atoms with Gasteiger partial charge in [0, 0.05) is 25.0 Å². The van der Waals surface area contributed by atoms with Crippen molar-refractivity contribution in [1.82, 2.24) is 20.4 Å². The molecular weight excluding hydrogens is 292 g/mol. The van der Waals surface area contributed by atoms with Crippen molar-refractivity contribution >= 4 is 6.03 Å². The van der Waals surface area contributed by atoms with Crippen LogP contribution in [0.4, 0.5) is 4.79 Å². The van der Waals surface area contributed by atoms with Gasteiger partial charge in [-0.3, -0.25) is 0 Å². The Kier molecular flexibility index (Phi) is 6.17. The van der Waals surface area contributed by atoms with Gasteiger partial charge in [-0.2, -0.15) is 5.10 Å². The number of urea groups is 1. The summed E-state index contributed by atoms with van der Waals surface area (Å²) in [5.74, 6) is 0. The Bertz CT molecular complexity index is 596. The van der Waals surface area contributed by atoms with Crippen LogP contribution in [-0.4, -0.2) is 33.6 Å². The molecule has 6 nitrogen and oxygen atoms in total. The van der Waals surface area contributed by atoms with Gasteiger partial charge in [-0.15, -0.1) is 0 Å². The molecule has 2 unspecified atom stereocenters. The number of aliphatic hydroxyl groups is 1. The van der Waals surface area contributed by atoms with Crippen molar-refractivity contribution in [2.75, 3.05) is 6.61 Å². The molecule has 0 aliphatic carbocycles. The highest BCUT2D eigenvalue weighted by molar-refractivity contribution is 5.74. The highest BCUT2D eigenvalue weighted by Gasteiger charge is 2.13. The van der Waals surface area contributed by atoms with Crippen LogP contribution >= 0.6 is 0 Å². The summed E-state index contributed by atoms with van der Waals surface area (Å²) in [4.78, 5) is 12.0. The Labute approximate surface area is 136 Å². The molecule has 23 heavy (non-hydrogen) atoms. The first-order chi connectivity index (χ1) is 11.1. The van der Waals surface area contributed by atoms with Gasteiger partial charge in [0.15, 0.2) is 0 Å². The largest absolute Gasteiger partial charge is 0.396 e. The van der Waals surface area contributed by atoms with E-state index in [1.54, 1.807) is 10.9 Å². The fraction of sp³-hybridized carbons (Fsp3) is 0.412. The van der Waals surface area contributed by atoms with Crippen LogP contribution in [0.2, 0.25) is 0 Å². The third-order valence-corrected chi connectivity index (χ3v) is 3.82. The van der Waals surface area contributed by atoms with Crippen molar-refractivity contribution in [3.8, 4) is 5.69 Å². The molecule has 1 aromatic carbocycles. The Morgan fingerprint density at radius 3 is 2.61 bits per heavy atom. The molecule has 2 amide bonds. The van der Waals surface area contributed by atoms with E-state index < -0.39 is 0 Å². The van der Waals surface area contributed by atoms with E-state index in [-0.39, 0.29) is 24.7 Å². The second-order valence-electron chi connectivity index (χ2n) is 5.50. The number of hydrogen-bond donors (Lipinski definition) is 3. The summed E-state index contributed by atoms with van der Waals surface area (Å²) in [7, 11) is 0. The van der Waals surface area contributed by atoms with E-state index >= 15 is 0 Å². The Hall–Kier alpha value is -2.34. The minimum atomic E-state index is -0.214. The zero-order valence-electron chi connectivity index (χ0n) is 13.6. The first kappa shape index (κ1) is 17.0. The van der Waals surface area contributed by atoms with E-state index in [0.29, 0.717) is 6.42 Å². The van der Waals surface area contributed by atoms with E-state index in [4.69, 9.17) is 5.11 Å². The Balaban J connectivity index is 1.92. The lowest BCUT2D eigenvalue weighted by Gasteiger charge is -2.20. The molecule has 124 valence electrons. The fourth-order valence-electron chi connectivity index (χ4n) is 2.38. The van der Waals surface area contributed by atoms with Crippen molar-refractivity contribution in [3.05, 3.63) is 48.3 Å². The molecule has 0 aliphatic heterocycles. The van der Waals surface area contributed by atoms with E-state index in [0.717, 1.165) is 17.7 Å². The molecule has 0 bridgehead atoms. The third-order valence-electron chi connectivity index (χ3n) is 3.82. The highest BCUT2D eigenvalue weighted by Crippen LogP contribution is 2.15. The van der Waals surface area contributed by atoms with Gasteiger partial charge < -0.3 is 15.7 Å². The number of nitrogens with one attached hydrogen (secondary N) is 2. The van der Waals surface area contributed by atoms with Gasteiger partial charge in [-0.25, -0.2) is 9.48 Å². The number of benzene rings is 1. The van der Waals surface area contributed by atoms with Gasteiger partial charge in [0.2, 0.25) is 0 Å². The number of carbonyl (C=O) groups is 1.